The second-order valence-corrected chi connectivity index (χ2v) is 7.58. The number of H-pyrrole nitrogens is 1. The summed E-state index contributed by atoms with van der Waals surface area (Å²) in [5, 5.41) is 8.93. The molecule has 0 saturated heterocycles. The van der Waals surface area contributed by atoms with Crippen molar-refractivity contribution in [3.05, 3.63) is 103 Å². The fourth-order valence-corrected chi connectivity index (χ4v) is 3.65. The number of aromatic nitrogens is 4. The van der Waals surface area contributed by atoms with Crippen molar-refractivity contribution in [2.75, 3.05) is 0 Å². The first kappa shape index (κ1) is 20.4. The van der Waals surface area contributed by atoms with Gasteiger partial charge in [0.05, 0.1) is 28.8 Å². The Kier molecular flexibility index (Phi) is 5.75. The third kappa shape index (κ3) is 4.72. The van der Waals surface area contributed by atoms with Crippen molar-refractivity contribution in [2.24, 2.45) is 5.10 Å². The van der Waals surface area contributed by atoms with E-state index in [1.54, 1.807) is 6.21 Å². The number of hydrogen-bond donors (Lipinski definition) is 2. The van der Waals surface area contributed by atoms with Crippen LogP contribution < -0.4 is 5.43 Å². The number of amides is 1. The van der Waals surface area contributed by atoms with Gasteiger partial charge in [-0.3, -0.25) is 4.79 Å². The van der Waals surface area contributed by atoms with Gasteiger partial charge in [-0.05, 0) is 24.3 Å². The van der Waals surface area contributed by atoms with Gasteiger partial charge in [-0.25, -0.2) is 15.1 Å². The minimum Gasteiger partial charge on any atom is -0.342 e. The maximum Gasteiger partial charge on any atom is 0.247 e. The number of nitrogens with one attached hydrogen (secondary N) is 2. The van der Waals surface area contributed by atoms with Crippen LogP contribution in [-0.4, -0.2) is 31.9 Å². The molecule has 162 valence electrons. The van der Waals surface area contributed by atoms with Crippen LogP contribution in [-0.2, 0) is 17.6 Å². The van der Waals surface area contributed by atoms with E-state index in [9.17, 15) is 4.79 Å². The number of benzene rings is 3. The van der Waals surface area contributed by atoms with Gasteiger partial charge in [-0.15, -0.1) is 0 Å². The monoisotopic (exact) mass is 434 g/mol. The van der Waals surface area contributed by atoms with Crippen LogP contribution in [0, 0.1) is 0 Å². The number of para-hydroxylation sites is 3. The van der Waals surface area contributed by atoms with E-state index in [1.165, 1.54) is 0 Å². The minimum absolute atomic E-state index is 0.132. The van der Waals surface area contributed by atoms with Gasteiger partial charge in [0.2, 0.25) is 5.91 Å². The Morgan fingerprint density at radius 3 is 2.48 bits per heavy atom. The van der Waals surface area contributed by atoms with Crippen molar-refractivity contribution >= 4 is 23.2 Å². The summed E-state index contributed by atoms with van der Waals surface area (Å²) in [4.78, 5) is 19.9. The number of hydrogen-bond acceptors (Lipinski definition) is 4. The molecule has 2 aromatic heterocycles. The lowest BCUT2D eigenvalue weighted by atomic mass is 10.1. The lowest BCUT2D eigenvalue weighted by Crippen LogP contribution is -2.20. The smallest absolute Gasteiger partial charge is 0.247 e. The zero-order valence-corrected chi connectivity index (χ0v) is 17.8. The Balaban J connectivity index is 1.28. The van der Waals surface area contributed by atoms with Crippen LogP contribution in [0.4, 0.5) is 0 Å². The van der Waals surface area contributed by atoms with Gasteiger partial charge < -0.3 is 4.98 Å². The van der Waals surface area contributed by atoms with Crippen LogP contribution in [0.1, 0.15) is 11.4 Å². The average Bonchev–Trinajstić information content (AvgIpc) is 3.47. The zero-order chi connectivity index (χ0) is 22.5. The quantitative estimate of drug-likeness (QED) is 0.296. The molecule has 7 nitrogen and oxygen atoms in total. The van der Waals surface area contributed by atoms with E-state index in [0.29, 0.717) is 12.2 Å². The summed E-state index contributed by atoms with van der Waals surface area (Å²) < 4.78 is 1.87. The van der Waals surface area contributed by atoms with Crippen molar-refractivity contribution in [3.63, 3.8) is 0 Å². The molecule has 33 heavy (non-hydrogen) atoms. The van der Waals surface area contributed by atoms with Gasteiger partial charge in [0.15, 0.2) is 0 Å². The molecular formula is C26H22N6O. The van der Waals surface area contributed by atoms with Gasteiger partial charge in [0.1, 0.15) is 5.82 Å². The lowest BCUT2D eigenvalue weighted by Gasteiger charge is -2.00. The number of imidazole rings is 1. The Morgan fingerprint density at radius 2 is 1.70 bits per heavy atom. The Hall–Kier alpha value is -4.52. The number of carbonyl (C=O) groups is 1. The summed E-state index contributed by atoms with van der Waals surface area (Å²) in [5.41, 5.74) is 8.25. The molecule has 0 atom stereocenters. The number of hydrazone groups is 1. The zero-order valence-electron chi connectivity index (χ0n) is 17.8. The van der Waals surface area contributed by atoms with Crippen LogP contribution >= 0.6 is 0 Å². The molecular weight excluding hydrogens is 412 g/mol. The summed E-state index contributed by atoms with van der Waals surface area (Å²) in [6.07, 6.45) is 4.35. The van der Waals surface area contributed by atoms with E-state index < -0.39 is 0 Å². The highest BCUT2D eigenvalue weighted by atomic mass is 16.2. The molecule has 2 heterocycles. The minimum atomic E-state index is -0.228. The average molecular weight is 435 g/mol. The van der Waals surface area contributed by atoms with Gasteiger partial charge in [-0.1, -0.05) is 60.7 Å². The molecule has 7 heteroatoms. The molecule has 0 aliphatic rings. The van der Waals surface area contributed by atoms with E-state index in [4.69, 9.17) is 5.10 Å². The third-order valence-corrected chi connectivity index (χ3v) is 5.22. The summed E-state index contributed by atoms with van der Waals surface area (Å²) >= 11 is 0. The van der Waals surface area contributed by atoms with Crippen LogP contribution in [0.2, 0.25) is 0 Å². The highest BCUT2D eigenvalue weighted by molar-refractivity contribution is 5.81. The molecule has 5 aromatic rings. The van der Waals surface area contributed by atoms with Crippen molar-refractivity contribution in [1.29, 1.82) is 0 Å². The fraction of sp³-hybridized carbons (Fsp3) is 0.0769. The molecule has 3 aromatic carbocycles. The van der Waals surface area contributed by atoms with Crippen molar-refractivity contribution in [2.45, 2.75) is 12.8 Å². The predicted molar refractivity (Wildman–Crippen MR) is 129 cm³/mol. The second-order valence-electron chi connectivity index (χ2n) is 7.58. The van der Waals surface area contributed by atoms with Crippen LogP contribution in [0.5, 0.6) is 0 Å². The van der Waals surface area contributed by atoms with Crippen LogP contribution in [0.15, 0.2) is 96.2 Å². The molecule has 0 fully saturated rings. The predicted octanol–water partition coefficient (Wildman–Crippen LogP) is 4.30. The molecule has 1 amide bonds. The molecule has 0 saturated carbocycles. The summed E-state index contributed by atoms with van der Waals surface area (Å²) in [7, 11) is 0. The van der Waals surface area contributed by atoms with E-state index >= 15 is 0 Å². The number of fused-ring (bicyclic) bond motifs is 1. The summed E-state index contributed by atoms with van der Waals surface area (Å²) in [6, 6.07) is 27.7. The van der Waals surface area contributed by atoms with Gasteiger partial charge in [0.25, 0.3) is 0 Å². The molecule has 5 rings (SSSR count). The maximum atomic E-state index is 12.3. The normalized spacial score (nSPS) is 11.3. The Bertz CT molecular complexity index is 1370. The summed E-state index contributed by atoms with van der Waals surface area (Å²) in [5.74, 6) is 0.382. The first-order valence-corrected chi connectivity index (χ1v) is 10.7. The van der Waals surface area contributed by atoms with Gasteiger partial charge >= 0.3 is 0 Å². The maximum absolute atomic E-state index is 12.3. The number of aromatic amines is 1. The standard InChI is InChI=1S/C26H22N6O/c33-25(17-24-28-22-13-7-8-14-23(22)29-24)30-27-16-15-20-18-32(21-11-5-2-6-12-21)31-26(20)19-9-3-1-4-10-19/h1-14,16,18H,15,17H2,(H,28,29)(H,30,33). The highest BCUT2D eigenvalue weighted by Gasteiger charge is 2.12. The van der Waals surface area contributed by atoms with Gasteiger partial charge in [-0.2, -0.15) is 10.2 Å². The first-order chi connectivity index (χ1) is 16.3. The van der Waals surface area contributed by atoms with Crippen LogP contribution in [0.3, 0.4) is 0 Å². The number of rotatable bonds is 7. The van der Waals surface area contributed by atoms with Crippen molar-refractivity contribution in [3.8, 4) is 16.9 Å². The van der Waals surface area contributed by atoms with E-state index in [0.717, 1.165) is 33.5 Å². The SMILES string of the molecule is O=C(Cc1nc2ccccc2[nH]1)NN=CCc1cn(-c2ccccc2)nc1-c1ccccc1. The molecule has 0 radical (unpaired) electrons. The van der Waals surface area contributed by atoms with Gasteiger partial charge in [0, 0.05) is 30.0 Å². The largest absolute Gasteiger partial charge is 0.342 e. The molecule has 0 unspecified atom stereocenters. The molecule has 0 aliphatic carbocycles. The van der Waals surface area contributed by atoms with E-state index in [2.05, 4.69) is 20.5 Å². The molecule has 0 spiro atoms. The molecule has 0 bridgehead atoms. The second kappa shape index (κ2) is 9.32. The lowest BCUT2D eigenvalue weighted by molar-refractivity contribution is -0.120. The van der Waals surface area contributed by atoms with Crippen LogP contribution in [0.25, 0.3) is 28.0 Å². The van der Waals surface area contributed by atoms with E-state index in [-0.39, 0.29) is 12.3 Å². The third-order valence-electron chi connectivity index (χ3n) is 5.22. The highest BCUT2D eigenvalue weighted by Crippen LogP contribution is 2.23. The topological polar surface area (TPSA) is 88.0 Å². The Morgan fingerprint density at radius 1 is 0.970 bits per heavy atom. The Labute approximate surface area is 190 Å². The van der Waals surface area contributed by atoms with Crippen molar-refractivity contribution < 1.29 is 4.79 Å². The first-order valence-electron chi connectivity index (χ1n) is 10.7. The number of nitrogens with zero attached hydrogens (tertiary/aromatic N) is 4. The molecule has 0 aliphatic heterocycles. The summed E-state index contributed by atoms with van der Waals surface area (Å²) in [6.45, 7) is 0. The van der Waals surface area contributed by atoms with Crippen molar-refractivity contribution in [1.82, 2.24) is 25.2 Å². The molecule has 2 N–H and O–H groups in total. The van der Waals surface area contributed by atoms with E-state index in [1.807, 2.05) is 95.8 Å². The fourth-order valence-electron chi connectivity index (χ4n) is 3.65. The number of carbonyl (C=O) groups excluding carboxylic acids is 1.